The van der Waals surface area contributed by atoms with Gasteiger partial charge in [-0.2, -0.15) is 13.9 Å². The smallest absolute Gasteiger partial charge is 0.243 e. The van der Waals surface area contributed by atoms with Crippen molar-refractivity contribution < 1.29 is 8.42 Å². The first-order valence-electron chi connectivity index (χ1n) is 8.96. The highest BCUT2D eigenvalue weighted by Crippen LogP contribution is 2.26. The van der Waals surface area contributed by atoms with Gasteiger partial charge in [-0.05, 0) is 44.4 Å². The van der Waals surface area contributed by atoms with Crippen molar-refractivity contribution in [2.75, 3.05) is 18.4 Å². The van der Waals surface area contributed by atoms with E-state index >= 15 is 0 Å². The second-order valence-corrected chi connectivity index (χ2v) is 8.76. The fraction of sp³-hybridized carbons (Fsp3) is 0.389. The second-order valence-electron chi connectivity index (χ2n) is 6.82. The molecule has 2 aromatic heterocycles. The fourth-order valence-corrected chi connectivity index (χ4v) is 4.90. The van der Waals surface area contributed by atoms with E-state index in [1.807, 2.05) is 19.9 Å². The SMILES string of the molecule is Cc1nn2cnnc2c(NC2CCN(S(=O)(=O)c3ccccc3)CC2)c1C. The van der Waals surface area contributed by atoms with Crippen molar-refractivity contribution in [2.45, 2.75) is 37.6 Å². The molecule has 0 atom stereocenters. The summed E-state index contributed by atoms with van der Waals surface area (Å²) in [5.74, 6) is 0. The van der Waals surface area contributed by atoms with E-state index in [2.05, 4.69) is 20.6 Å². The quantitative estimate of drug-likeness (QED) is 0.737. The van der Waals surface area contributed by atoms with Gasteiger partial charge in [-0.1, -0.05) is 18.2 Å². The maximum atomic E-state index is 12.8. The number of nitrogens with zero attached hydrogens (tertiary/aromatic N) is 5. The van der Waals surface area contributed by atoms with Crippen molar-refractivity contribution in [3.63, 3.8) is 0 Å². The highest BCUT2D eigenvalue weighted by molar-refractivity contribution is 7.89. The molecule has 1 aliphatic heterocycles. The van der Waals surface area contributed by atoms with Crippen LogP contribution in [0.4, 0.5) is 5.69 Å². The number of fused-ring (bicyclic) bond motifs is 1. The number of aromatic nitrogens is 4. The van der Waals surface area contributed by atoms with Gasteiger partial charge in [0.2, 0.25) is 15.7 Å². The number of aryl methyl sites for hydroxylation is 1. The van der Waals surface area contributed by atoms with E-state index in [0.717, 1.165) is 29.8 Å². The zero-order chi connectivity index (χ0) is 19.0. The van der Waals surface area contributed by atoms with Crippen LogP contribution in [0.2, 0.25) is 0 Å². The van der Waals surface area contributed by atoms with Gasteiger partial charge >= 0.3 is 0 Å². The second kappa shape index (κ2) is 6.90. The molecule has 1 saturated heterocycles. The van der Waals surface area contributed by atoms with Crippen LogP contribution in [0.3, 0.4) is 0 Å². The maximum absolute atomic E-state index is 12.8. The van der Waals surface area contributed by atoms with E-state index in [1.54, 1.807) is 39.4 Å². The van der Waals surface area contributed by atoms with Gasteiger partial charge in [0.25, 0.3) is 0 Å². The van der Waals surface area contributed by atoms with Crippen molar-refractivity contribution >= 4 is 21.4 Å². The lowest BCUT2D eigenvalue weighted by Crippen LogP contribution is -2.42. The molecule has 4 rings (SSSR count). The summed E-state index contributed by atoms with van der Waals surface area (Å²) in [6.45, 7) is 4.94. The molecule has 1 aromatic carbocycles. The molecule has 1 N–H and O–H groups in total. The van der Waals surface area contributed by atoms with Crippen molar-refractivity contribution in [3.05, 3.63) is 47.9 Å². The summed E-state index contributed by atoms with van der Waals surface area (Å²) in [4.78, 5) is 0.349. The Morgan fingerprint density at radius 3 is 2.52 bits per heavy atom. The molecule has 0 amide bonds. The molecule has 0 unspecified atom stereocenters. The molecule has 142 valence electrons. The predicted molar refractivity (Wildman–Crippen MR) is 102 cm³/mol. The number of anilines is 1. The molecule has 1 aliphatic rings. The predicted octanol–water partition coefficient (Wildman–Crippen LogP) is 2.01. The van der Waals surface area contributed by atoms with Gasteiger partial charge < -0.3 is 5.32 Å². The average molecular weight is 386 g/mol. The van der Waals surface area contributed by atoms with Crippen LogP contribution in [0.15, 0.2) is 41.6 Å². The first-order valence-corrected chi connectivity index (χ1v) is 10.4. The van der Waals surface area contributed by atoms with Gasteiger partial charge in [0.15, 0.2) is 0 Å². The first-order chi connectivity index (χ1) is 13.0. The summed E-state index contributed by atoms with van der Waals surface area (Å²) < 4.78 is 28.8. The van der Waals surface area contributed by atoms with Crippen LogP contribution >= 0.6 is 0 Å². The van der Waals surface area contributed by atoms with E-state index in [0.29, 0.717) is 23.6 Å². The zero-order valence-electron chi connectivity index (χ0n) is 15.3. The number of benzene rings is 1. The summed E-state index contributed by atoms with van der Waals surface area (Å²) in [5, 5.41) is 16.1. The molecule has 3 heterocycles. The Morgan fingerprint density at radius 2 is 1.81 bits per heavy atom. The number of piperidine rings is 1. The van der Waals surface area contributed by atoms with Gasteiger partial charge in [0.05, 0.1) is 16.3 Å². The van der Waals surface area contributed by atoms with E-state index in [-0.39, 0.29) is 6.04 Å². The number of hydrogen-bond donors (Lipinski definition) is 1. The van der Waals surface area contributed by atoms with E-state index in [9.17, 15) is 8.42 Å². The lowest BCUT2D eigenvalue weighted by atomic mass is 10.1. The normalized spacial score (nSPS) is 16.7. The first kappa shape index (κ1) is 17.9. The highest BCUT2D eigenvalue weighted by atomic mass is 32.2. The van der Waals surface area contributed by atoms with Crippen LogP contribution in [-0.4, -0.2) is 51.7 Å². The minimum atomic E-state index is -3.43. The molecule has 27 heavy (non-hydrogen) atoms. The number of nitrogens with one attached hydrogen (secondary N) is 1. The van der Waals surface area contributed by atoms with Crippen LogP contribution in [0.5, 0.6) is 0 Å². The fourth-order valence-electron chi connectivity index (χ4n) is 3.41. The summed E-state index contributed by atoms with van der Waals surface area (Å²) in [5.41, 5.74) is 3.56. The van der Waals surface area contributed by atoms with E-state index in [1.165, 1.54) is 0 Å². The minimum Gasteiger partial charge on any atom is -0.379 e. The van der Waals surface area contributed by atoms with Gasteiger partial charge in [-0.3, -0.25) is 0 Å². The molecule has 0 aliphatic carbocycles. The highest BCUT2D eigenvalue weighted by Gasteiger charge is 2.29. The number of sulfonamides is 1. The van der Waals surface area contributed by atoms with Crippen LogP contribution < -0.4 is 5.32 Å². The molecule has 0 saturated carbocycles. The Hall–Kier alpha value is -2.52. The maximum Gasteiger partial charge on any atom is 0.243 e. The number of rotatable bonds is 4. The molecule has 0 radical (unpaired) electrons. The molecule has 0 spiro atoms. The zero-order valence-corrected chi connectivity index (χ0v) is 16.1. The summed E-state index contributed by atoms with van der Waals surface area (Å²) >= 11 is 0. The lowest BCUT2D eigenvalue weighted by Gasteiger charge is -2.32. The Morgan fingerprint density at radius 1 is 1.11 bits per heavy atom. The number of hydrogen-bond acceptors (Lipinski definition) is 6. The van der Waals surface area contributed by atoms with Crippen molar-refractivity contribution in [1.82, 2.24) is 24.1 Å². The summed E-state index contributed by atoms with van der Waals surface area (Å²) in [6, 6.07) is 8.78. The van der Waals surface area contributed by atoms with Crippen LogP contribution in [0, 0.1) is 13.8 Å². The molecule has 8 nitrogen and oxygen atoms in total. The van der Waals surface area contributed by atoms with Gasteiger partial charge in [-0.15, -0.1) is 10.2 Å². The van der Waals surface area contributed by atoms with Gasteiger partial charge in [0.1, 0.15) is 6.33 Å². The molecule has 1 fully saturated rings. The lowest BCUT2D eigenvalue weighted by molar-refractivity contribution is 0.329. The summed E-state index contributed by atoms with van der Waals surface area (Å²) in [7, 11) is -3.43. The Labute approximate surface area is 158 Å². The molecule has 9 heteroatoms. The van der Waals surface area contributed by atoms with Gasteiger partial charge in [-0.25, -0.2) is 8.42 Å². The minimum absolute atomic E-state index is 0.174. The Bertz CT molecular complexity index is 1060. The van der Waals surface area contributed by atoms with E-state index in [4.69, 9.17) is 0 Å². The monoisotopic (exact) mass is 386 g/mol. The van der Waals surface area contributed by atoms with Crippen molar-refractivity contribution in [2.24, 2.45) is 0 Å². The Kier molecular flexibility index (Phi) is 4.56. The van der Waals surface area contributed by atoms with Crippen molar-refractivity contribution in [1.29, 1.82) is 0 Å². The van der Waals surface area contributed by atoms with Crippen molar-refractivity contribution in [3.8, 4) is 0 Å². The average Bonchev–Trinajstić information content (AvgIpc) is 3.14. The molecular formula is C18H22N6O2S. The van der Waals surface area contributed by atoms with Crippen LogP contribution in [-0.2, 0) is 10.0 Å². The van der Waals surface area contributed by atoms with Crippen LogP contribution in [0.25, 0.3) is 5.65 Å². The standard InChI is InChI=1S/C18H22N6O2S/c1-13-14(2)22-24-12-19-21-18(24)17(13)20-15-8-10-23(11-9-15)27(25,26)16-6-4-3-5-7-16/h3-7,12,15,20H,8-11H2,1-2H3. The Balaban J connectivity index is 1.50. The molecule has 0 bridgehead atoms. The third kappa shape index (κ3) is 3.28. The molecular weight excluding hydrogens is 364 g/mol. The van der Waals surface area contributed by atoms with Gasteiger partial charge in [0, 0.05) is 19.1 Å². The molecule has 3 aromatic rings. The van der Waals surface area contributed by atoms with Crippen LogP contribution in [0.1, 0.15) is 24.1 Å². The third-order valence-electron chi connectivity index (χ3n) is 5.11. The largest absolute Gasteiger partial charge is 0.379 e. The van der Waals surface area contributed by atoms with E-state index < -0.39 is 10.0 Å². The third-order valence-corrected chi connectivity index (χ3v) is 7.03. The topological polar surface area (TPSA) is 92.5 Å². The summed E-state index contributed by atoms with van der Waals surface area (Å²) in [6.07, 6.45) is 3.04.